The van der Waals surface area contributed by atoms with Gasteiger partial charge in [-0.1, -0.05) is 6.07 Å². The van der Waals surface area contributed by atoms with Crippen molar-refractivity contribution in [3.8, 4) is 5.75 Å². The topological polar surface area (TPSA) is 61.4 Å². The van der Waals surface area contributed by atoms with Gasteiger partial charge < -0.3 is 15.7 Å². The van der Waals surface area contributed by atoms with Gasteiger partial charge in [-0.15, -0.1) is 0 Å². The van der Waals surface area contributed by atoms with Gasteiger partial charge >= 0.3 is 6.03 Å². The first kappa shape index (κ1) is 12.4. The highest BCUT2D eigenvalue weighted by molar-refractivity contribution is 5.89. The number of urea groups is 1. The molecule has 0 radical (unpaired) electrons. The van der Waals surface area contributed by atoms with E-state index in [1.165, 1.54) is 6.07 Å². The van der Waals surface area contributed by atoms with Crippen LogP contribution in [0.5, 0.6) is 5.75 Å². The average Bonchev–Trinajstić information content (AvgIpc) is 2.08. The Bertz CT molecular complexity index is 394. The summed E-state index contributed by atoms with van der Waals surface area (Å²) < 4.78 is 0. The van der Waals surface area contributed by atoms with Crippen molar-refractivity contribution in [3.05, 3.63) is 23.8 Å². The number of nitrogens with one attached hydrogen (secondary N) is 2. The number of benzene rings is 1. The molecule has 0 aliphatic heterocycles. The molecule has 1 rings (SSSR count). The standard InChI is InChI=1S/C12H18N2O2/c1-8-5-6-9(7-10(8)15)13-11(16)14-12(2,3)4/h5-7,15H,1-4H3,(H2,13,14,16). The minimum Gasteiger partial charge on any atom is -0.508 e. The summed E-state index contributed by atoms with van der Waals surface area (Å²) in [5.74, 6) is 0.175. The molecule has 3 N–H and O–H groups in total. The largest absolute Gasteiger partial charge is 0.508 e. The predicted octanol–water partition coefficient (Wildman–Crippen LogP) is 2.62. The Kier molecular flexibility index (Phi) is 3.42. The van der Waals surface area contributed by atoms with Crippen molar-refractivity contribution < 1.29 is 9.90 Å². The molecule has 0 atom stereocenters. The van der Waals surface area contributed by atoms with Gasteiger partial charge in [-0.2, -0.15) is 0 Å². The van der Waals surface area contributed by atoms with E-state index in [0.29, 0.717) is 5.69 Å². The second-order valence-electron chi connectivity index (χ2n) is 4.83. The van der Waals surface area contributed by atoms with Crippen LogP contribution in [0.2, 0.25) is 0 Å². The summed E-state index contributed by atoms with van der Waals surface area (Å²) in [5.41, 5.74) is 1.07. The summed E-state index contributed by atoms with van der Waals surface area (Å²) in [4.78, 5) is 11.5. The molecular weight excluding hydrogens is 204 g/mol. The van der Waals surface area contributed by atoms with Crippen LogP contribution in [0.1, 0.15) is 26.3 Å². The van der Waals surface area contributed by atoms with Crippen LogP contribution in [0, 0.1) is 6.92 Å². The minimum atomic E-state index is -0.282. The number of carbonyl (C=O) groups is 1. The molecule has 0 unspecified atom stereocenters. The molecule has 0 fully saturated rings. The number of hydrogen-bond acceptors (Lipinski definition) is 2. The molecule has 88 valence electrons. The Labute approximate surface area is 95.7 Å². The van der Waals surface area contributed by atoms with Gasteiger partial charge in [0, 0.05) is 17.3 Å². The fourth-order valence-corrected chi connectivity index (χ4v) is 1.19. The Morgan fingerprint density at radius 1 is 1.31 bits per heavy atom. The fourth-order valence-electron chi connectivity index (χ4n) is 1.19. The molecule has 4 heteroatoms. The molecule has 0 saturated heterocycles. The van der Waals surface area contributed by atoms with Gasteiger partial charge in [-0.05, 0) is 39.3 Å². The number of amides is 2. The number of carbonyl (C=O) groups excluding carboxylic acids is 1. The molecular formula is C12H18N2O2. The van der Waals surface area contributed by atoms with Crippen LogP contribution in [0.4, 0.5) is 10.5 Å². The van der Waals surface area contributed by atoms with Crippen LogP contribution in [0.3, 0.4) is 0 Å². The maximum atomic E-state index is 11.5. The summed E-state index contributed by atoms with van der Waals surface area (Å²) >= 11 is 0. The van der Waals surface area contributed by atoms with Crippen molar-refractivity contribution >= 4 is 11.7 Å². The molecule has 0 bridgehead atoms. The lowest BCUT2D eigenvalue weighted by molar-refractivity contribution is 0.244. The molecule has 0 saturated carbocycles. The minimum absolute atomic E-state index is 0.175. The van der Waals surface area contributed by atoms with Crippen LogP contribution in [0.25, 0.3) is 0 Å². The van der Waals surface area contributed by atoms with Gasteiger partial charge in [0.25, 0.3) is 0 Å². The molecule has 0 heterocycles. The van der Waals surface area contributed by atoms with E-state index in [2.05, 4.69) is 10.6 Å². The average molecular weight is 222 g/mol. The lowest BCUT2D eigenvalue weighted by atomic mass is 10.1. The Hall–Kier alpha value is -1.71. The van der Waals surface area contributed by atoms with E-state index in [9.17, 15) is 9.90 Å². The number of phenolic OH excluding ortho intramolecular Hbond substituents is 1. The summed E-state index contributed by atoms with van der Waals surface area (Å²) in [7, 11) is 0. The molecule has 0 spiro atoms. The van der Waals surface area contributed by atoms with E-state index in [-0.39, 0.29) is 17.3 Å². The first-order valence-electron chi connectivity index (χ1n) is 5.17. The molecule has 0 aromatic heterocycles. The Balaban J connectivity index is 2.67. The van der Waals surface area contributed by atoms with Crippen LogP contribution in [-0.2, 0) is 0 Å². The van der Waals surface area contributed by atoms with E-state index < -0.39 is 0 Å². The third-order valence-corrected chi connectivity index (χ3v) is 1.96. The van der Waals surface area contributed by atoms with Crippen molar-refractivity contribution in [2.75, 3.05) is 5.32 Å². The van der Waals surface area contributed by atoms with Crippen LogP contribution in [0.15, 0.2) is 18.2 Å². The highest BCUT2D eigenvalue weighted by Crippen LogP contribution is 2.20. The SMILES string of the molecule is Cc1ccc(NC(=O)NC(C)(C)C)cc1O. The van der Waals surface area contributed by atoms with Crippen molar-refractivity contribution in [3.63, 3.8) is 0 Å². The highest BCUT2D eigenvalue weighted by atomic mass is 16.3. The maximum Gasteiger partial charge on any atom is 0.319 e. The Morgan fingerprint density at radius 3 is 2.44 bits per heavy atom. The number of hydrogen-bond donors (Lipinski definition) is 3. The van der Waals surface area contributed by atoms with E-state index in [4.69, 9.17) is 0 Å². The maximum absolute atomic E-state index is 11.5. The van der Waals surface area contributed by atoms with Crippen molar-refractivity contribution in [2.24, 2.45) is 0 Å². The van der Waals surface area contributed by atoms with Crippen molar-refractivity contribution in [1.82, 2.24) is 5.32 Å². The summed E-state index contributed by atoms with van der Waals surface area (Å²) in [6, 6.07) is 4.74. The van der Waals surface area contributed by atoms with Crippen molar-refractivity contribution in [1.29, 1.82) is 0 Å². The van der Waals surface area contributed by atoms with Gasteiger partial charge in [0.2, 0.25) is 0 Å². The second kappa shape index (κ2) is 4.43. The lowest BCUT2D eigenvalue weighted by Gasteiger charge is -2.20. The Morgan fingerprint density at radius 2 is 1.94 bits per heavy atom. The third kappa shape index (κ3) is 3.81. The normalized spacial score (nSPS) is 11.0. The third-order valence-electron chi connectivity index (χ3n) is 1.96. The van der Waals surface area contributed by atoms with E-state index in [1.807, 2.05) is 20.8 Å². The highest BCUT2D eigenvalue weighted by Gasteiger charge is 2.13. The predicted molar refractivity (Wildman–Crippen MR) is 64.8 cm³/mol. The quantitative estimate of drug-likeness (QED) is 0.684. The van der Waals surface area contributed by atoms with E-state index in [0.717, 1.165) is 5.56 Å². The number of rotatable bonds is 1. The van der Waals surface area contributed by atoms with Gasteiger partial charge in [0.1, 0.15) is 5.75 Å². The van der Waals surface area contributed by atoms with Crippen LogP contribution >= 0.6 is 0 Å². The molecule has 2 amide bonds. The van der Waals surface area contributed by atoms with Gasteiger partial charge in [0.05, 0.1) is 0 Å². The number of aromatic hydroxyl groups is 1. The zero-order valence-corrected chi connectivity index (χ0v) is 10.1. The smallest absolute Gasteiger partial charge is 0.319 e. The van der Waals surface area contributed by atoms with Crippen LogP contribution < -0.4 is 10.6 Å². The van der Waals surface area contributed by atoms with Crippen LogP contribution in [-0.4, -0.2) is 16.7 Å². The molecule has 4 nitrogen and oxygen atoms in total. The monoisotopic (exact) mass is 222 g/mol. The summed E-state index contributed by atoms with van der Waals surface area (Å²) in [6.45, 7) is 7.51. The summed E-state index contributed by atoms with van der Waals surface area (Å²) in [5, 5.41) is 14.9. The molecule has 0 aliphatic carbocycles. The second-order valence-corrected chi connectivity index (χ2v) is 4.83. The van der Waals surface area contributed by atoms with Gasteiger partial charge in [-0.25, -0.2) is 4.79 Å². The summed E-state index contributed by atoms with van der Waals surface area (Å²) in [6.07, 6.45) is 0. The van der Waals surface area contributed by atoms with E-state index in [1.54, 1.807) is 19.1 Å². The fraction of sp³-hybridized carbons (Fsp3) is 0.417. The number of anilines is 1. The number of phenols is 1. The van der Waals surface area contributed by atoms with Crippen molar-refractivity contribution in [2.45, 2.75) is 33.2 Å². The lowest BCUT2D eigenvalue weighted by Crippen LogP contribution is -2.43. The molecule has 1 aromatic rings. The van der Waals surface area contributed by atoms with E-state index >= 15 is 0 Å². The van der Waals surface area contributed by atoms with Gasteiger partial charge in [0.15, 0.2) is 0 Å². The first-order valence-corrected chi connectivity index (χ1v) is 5.17. The molecule has 16 heavy (non-hydrogen) atoms. The zero-order chi connectivity index (χ0) is 12.3. The number of aryl methyl sites for hydroxylation is 1. The first-order chi connectivity index (χ1) is 7.28. The zero-order valence-electron chi connectivity index (χ0n) is 10.1. The molecule has 0 aliphatic rings. The molecule has 1 aromatic carbocycles. The van der Waals surface area contributed by atoms with Gasteiger partial charge in [-0.3, -0.25) is 0 Å².